The molecule has 0 aliphatic rings. The van der Waals surface area contributed by atoms with Gasteiger partial charge in [0.2, 0.25) is 0 Å². The molecule has 74 valence electrons. The topological polar surface area (TPSA) is 20.5 Å². The van der Waals surface area contributed by atoms with Gasteiger partial charge in [0.05, 0.1) is 0 Å². The third-order valence-electron chi connectivity index (χ3n) is 2.22. The molecule has 2 heterocycles. The Labute approximate surface area is 91.5 Å². The van der Waals surface area contributed by atoms with Crippen molar-refractivity contribution in [3.05, 3.63) is 30.6 Å². The number of hydrogen-bond acceptors (Lipinski definition) is 2. The molecule has 0 atom stereocenters. The van der Waals surface area contributed by atoms with E-state index in [-0.39, 0.29) is 0 Å². The summed E-state index contributed by atoms with van der Waals surface area (Å²) in [7, 11) is 2.08. The number of imidazole rings is 1. The van der Waals surface area contributed by atoms with Crippen molar-refractivity contribution in [2.24, 2.45) is 0 Å². The van der Waals surface area contributed by atoms with Crippen LogP contribution in [0.1, 0.15) is 0 Å². The summed E-state index contributed by atoms with van der Waals surface area (Å²) in [6.45, 7) is 0.983. The van der Waals surface area contributed by atoms with E-state index in [0.717, 1.165) is 17.5 Å². The monoisotopic (exact) mass is 253 g/mol. The van der Waals surface area contributed by atoms with Gasteiger partial charge in [-0.25, -0.2) is 4.98 Å². The lowest BCUT2D eigenvalue weighted by molar-refractivity contribution is 0.930. The zero-order chi connectivity index (χ0) is 9.97. The van der Waals surface area contributed by atoms with Crippen LogP contribution >= 0.6 is 15.9 Å². The van der Waals surface area contributed by atoms with E-state index in [1.54, 1.807) is 0 Å². The Morgan fingerprint density at radius 3 is 3.14 bits per heavy atom. The van der Waals surface area contributed by atoms with E-state index in [1.165, 1.54) is 5.82 Å². The molecule has 0 spiro atoms. The van der Waals surface area contributed by atoms with Gasteiger partial charge in [0, 0.05) is 31.3 Å². The largest absolute Gasteiger partial charge is 0.360 e. The zero-order valence-corrected chi connectivity index (χ0v) is 9.61. The summed E-state index contributed by atoms with van der Waals surface area (Å²) < 4.78 is 2.09. The minimum atomic E-state index is 0.967. The number of rotatable bonds is 3. The number of pyridine rings is 1. The van der Waals surface area contributed by atoms with Crippen LogP contribution in [0.15, 0.2) is 30.6 Å². The molecule has 0 saturated carbocycles. The summed E-state index contributed by atoms with van der Waals surface area (Å²) in [4.78, 5) is 6.44. The highest BCUT2D eigenvalue weighted by Crippen LogP contribution is 2.14. The SMILES string of the molecule is CN(CCBr)c1cccc2nccn12. The molecule has 4 heteroatoms. The van der Waals surface area contributed by atoms with Crippen molar-refractivity contribution in [1.82, 2.24) is 9.38 Å². The van der Waals surface area contributed by atoms with Gasteiger partial charge in [0.25, 0.3) is 0 Å². The van der Waals surface area contributed by atoms with E-state index >= 15 is 0 Å². The molecule has 0 amide bonds. The highest BCUT2D eigenvalue weighted by molar-refractivity contribution is 9.09. The van der Waals surface area contributed by atoms with Gasteiger partial charge < -0.3 is 4.90 Å². The van der Waals surface area contributed by atoms with Gasteiger partial charge >= 0.3 is 0 Å². The van der Waals surface area contributed by atoms with Crippen LogP contribution < -0.4 is 4.90 Å². The predicted octanol–water partition coefficient (Wildman–Crippen LogP) is 2.17. The van der Waals surface area contributed by atoms with Gasteiger partial charge in [-0.2, -0.15) is 0 Å². The van der Waals surface area contributed by atoms with Crippen LogP contribution in [0.5, 0.6) is 0 Å². The van der Waals surface area contributed by atoms with Crippen LogP contribution in [-0.4, -0.2) is 28.3 Å². The Hall–Kier alpha value is -1.03. The number of hydrogen-bond donors (Lipinski definition) is 0. The third-order valence-corrected chi connectivity index (χ3v) is 2.57. The molecule has 2 aromatic rings. The molecule has 2 rings (SSSR count). The summed E-state index contributed by atoms with van der Waals surface area (Å²) in [6.07, 6.45) is 3.80. The number of anilines is 1. The van der Waals surface area contributed by atoms with Crippen molar-refractivity contribution in [3.8, 4) is 0 Å². The lowest BCUT2D eigenvalue weighted by atomic mass is 10.4. The predicted molar refractivity (Wildman–Crippen MR) is 62.3 cm³/mol. The average Bonchev–Trinajstić information content (AvgIpc) is 2.65. The van der Waals surface area contributed by atoms with Crippen molar-refractivity contribution in [2.75, 3.05) is 23.8 Å². The normalized spacial score (nSPS) is 10.7. The van der Waals surface area contributed by atoms with Crippen molar-refractivity contribution in [1.29, 1.82) is 0 Å². The molecule has 0 aliphatic heterocycles. The van der Waals surface area contributed by atoms with Crippen molar-refractivity contribution in [3.63, 3.8) is 0 Å². The molecule has 0 bridgehead atoms. The second kappa shape index (κ2) is 4.00. The summed E-state index contributed by atoms with van der Waals surface area (Å²) in [6, 6.07) is 6.13. The third kappa shape index (κ3) is 1.62. The lowest BCUT2D eigenvalue weighted by Gasteiger charge is -2.19. The van der Waals surface area contributed by atoms with Crippen LogP contribution in [0.4, 0.5) is 5.82 Å². The maximum Gasteiger partial charge on any atom is 0.138 e. The molecule has 14 heavy (non-hydrogen) atoms. The first kappa shape index (κ1) is 9.52. The molecule has 0 N–H and O–H groups in total. The van der Waals surface area contributed by atoms with E-state index in [0.29, 0.717) is 0 Å². The first-order valence-corrected chi connectivity index (χ1v) is 5.64. The van der Waals surface area contributed by atoms with E-state index in [2.05, 4.69) is 43.3 Å². The second-order valence-electron chi connectivity index (χ2n) is 3.15. The van der Waals surface area contributed by atoms with Crippen molar-refractivity contribution < 1.29 is 0 Å². The van der Waals surface area contributed by atoms with E-state index < -0.39 is 0 Å². The molecular formula is C10H12BrN3. The number of nitrogens with zero attached hydrogens (tertiary/aromatic N) is 3. The van der Waals surface area contributed by atoms with Gasteiger partial charge in [-0.05, 0) is 12.1 Å². The van der Waals surface area contributed by atoms with Gasteiger partial charge in [0.15, 0.2) is 0 Å². The molecule has 0 fully saturated rings. The lowest BCUT2D eigenvalue weighted by Crippen LogP contribution is -2.21. The fourth-order valence-electron chi connectivity index (χ4n) is 1.49. The van der Waals surface area contributed by atoms with Crippen LogP contribution in [0.25, 0.3) is 5.65 Å². The molecule has 0 aromatic carbocycles. The number of alkyl halides is 1. The summed E-state index contributed by atoms with van der Waals surface area (Å²) in [5, 5.41) is 0.967. The average molecular weight is 254 g/mol. The molecule has 3 nitrogen and oxygen atoms in total. The minimum absolute atomic E-state index is 0.967. The van der Waals surface area contributed by atoms with Gasteiger partial charge in [-0.3, -0.25) is 4.40 Å². The Balaban J connectivity index is 2.45. The van der Waals surface area contributed by atoms with E-state index in [1.807, 2.05) is 24.5 Å². The Morgan fingerprint density at radius 2 is 2.36 bits per heavy atom. The molecule has 0 aliphatic carbocycles. The van der Waals surface area contributed by atoms with Gasteiger partial charge in [-0.1, -0.05) is 22.0 Å². The molecule has 0 unspecified atom stereocenters. The van der Waals surface area contributed by atoms with Crippen LogP contribution in [-0.2, 0) is 0 Å². The number of halogens is 1. The maximum absolute atomic E-state index is 4.25. The zero-order valence-electron chi connectivity index (χ0n) is 8.02. The smallest absolute Gasteiger partial charge is 0.138 e. The Bertz CT molecular complexity index is 424. The van der Waals surface area contributed by atoms with Gasteiger partial charge in [-0.15, -0.1) is 0 Å². The number of fused-ring (bicyclic) bond motifs is 1. The van der Waals surface area contributed by atoms with E-state index in [9.17, 15) is 0 Å². The van der Waals surface area contributed by atoms with Crippen LogP contribution in [0, 0.1) is 0 Å². The highest BCUT2D eigenvalue weighted by atomic mass is 79.9. The van der Waals surface area contributed by atoms with E-state index in [4.69, 9.17) is 0 Å². The number of aromatic nitrogens is 2. The second-order valence-corrected chi connectivity index (χ2v) is 3.94. The first-order valence-electron chi connectivity index (χ1n) is 4.52. The Morgan fingerprint density at radius 1 is 1.50 bits per heavy atom. The fraction of sp³-hybridized carbons (Fsp3) is 0.300. The quantitative estimate of drug-likeness (QED) is 0.782. The standard InChI is InChI=1S/C10H12BrN3/c1-13(7-5-11)10-4-2-3-9-12-6-8-14(9)10/h2-4,6,8H,5,7H2,1H3. The van der Waals surface area contributed by atoms with Crippen molar-refractivity contribution in [2.45, 2.75) is 0 Å². The van der Waals surface area contributed by atoms with Crippen molar-refractivity contribution >= 4 is 27.4 Å². The molecule has 0 radical (unpaired) electrons. The maximum atomic E-state index is 4.25. The molecule has 0 saturated heterocycles. The molecule has 2 aromatic heterocycles. The first-order chi connectivity index (χ1) is 6.83. The van der Waals surface area contributed by atoms with Gasteiger partial charge in [0.1, 0.15) is 11.5 Å². The highest BCUT2D eigenvalue weighted by Gasteiger charge is 2.04. The molecular weight excluding hydrogens is 242 g/mol. The van der Waals surface area contributed by atoms with Crippen LogP contribution in [0.2, 0.25) is 0 Å². The summed E-state index contributed by atoms with van der Waals surface area (Å²) in [5.74, 6) is 1.17. The summed E-state index contributed by atoms with van der Waals surface area (Å²) in [5.41, 5.74) is 0.990. The fourth-order valence-corrected chi connectivity index (χ4v) is 2.02. The minimum Gasteiger partial charge on any atom is -0.360 e. The summed E-state index contributed by atoms with van der Waals surface area (Å²) >= 11 is 3.44. The Kier molecular flexibility index (Phi) is 2.72. The van der Waals surface area contributed by atoms with Crippen LogP contribution in [0.3, 0.4) is 0 Å².